The molecular weight excluding hydrogens is 204 g/mol. The van der Waals surface area contributed by atoms with E-state index in [2.05, 4.69) is 21.9 Å². The van der Waals surface area contributed by atoms with Gasteiger partial charge in [-0.05, 0) is 19.0 Å². The summed E-state index contributed by atoms with van der Waals surface area (Å²) in [5, 5.41) is 0. The molecule has 0 aliphatic carbocycles. The van der Waals surface area contributed by atoms with Crippen LogP contribution < -0.4 is 10.5 Å². The van der Waals surface area contributed by atoms with Gasteiger partial charge < -0.3 is 15.5 Å². The lowest BCUT2D eigenvalue weighted by Crippen LogP contribution is -2.05. The van der Waals surface area contributed by atoms with Crippen LogP contribution >= 0.6 is 0 Å². The predicted molar refractivity (Wildman–Crippen MR) is 62.5 cm³/mol. The number of nitrogens with one attached hydrogen (secondary N) is 1. The highest BCUT2D eigenvalue weighted by Gasteiger charge is 2.11. The predicted octanol–water partition coefficient (Wildman–Crippen LogP) is 1.42. The highest BCUT2D eigenvalue weighted by atomic mass is 16.5. The Labute approximate surface area is 94.0 Å². The van der Waals surface area contributed by atoms with Gasteiger partial charge in [-0.2, -0.15) is 4.98 Å². The molecule has 1 unspecified atom stereocenters. The molecule has 0 aliphatic rings. The van der Waals surface area contributed by atoms with Gasteiger partial charge >= 0.3 is 0 Å². The Hall–Kier alpha value is -1.62. The fourth-order valence-electron chi connectivity index (χ4n) is 1.63. The van der Waals surface area contributed by atoms with Crippen molar-refractivity contribution in [1.82, 2.24) is 15.0 Å². The van der Waals surface area contributed by atoms with Crippen LogP contribution in [0.4, 0.5) is 0 Å². The number of aromatic nitrogens is 3. The molecule has 0 aliphatic heterocycles. The second kappa shape index (κ2) is 4.49. The summed E-state index contributed by atoms with van der Waals surface area (Å²) in [6.07, 6.45) is 0.914. The third kappa shape index (κ3) is 1.99. The fraction of sp³-hybridized carbons (Fsp3) is 0.455. The van der Waals surface area contributed by atoms with E-state index in [4.69, 9.17) is 10.5 Å². The number of H-pyrrole nitrogens is 1. The minimum Gasteiger partial charge on any atom is -0.481 e. The molecule has 2 aromatic rings. The van der Waals surface area contributed by atoms with E-state index in [-0.39, 0.29) is 0 Å². The van der Waals surface area contributed by atoms with E-state index in [0.717, 1.165) is 17.8 Å². The third-order valence-electron chi connectivity index (χ3n) is 2.61. The zero-order valence-electron chi connectivity index (χ0n) is 9.53. The zero-order chi connectivity index (χ0) is 11.5. The molecule has 0 amide bonds. The lowest BCUT2D eigenvalue weighted by atomic mass is 10.1. The van der Waals surface area contributed by atoms with Gasteiger partial charge in [-0.3, -0.25) is 0 Å². The summed E-state index contributed by atoms with van der Waals surface area (Å²) in [5.41, 5.74) is 7.15. The average Bonchev–Trinajstić information content (AvgIpc) is 2.71. The number of pyridine rings is 1. The maximum atomic E-state index is 5.53. The molecule has 0 aromatic carbocycles. The van der Waals surface area contributed by atoms with Gasteiger partial charge in [0.15, 0.2) is 5.65 Å². The molecule has 2 rings (SSSR count). The minimum absolute atomic E-state index is 0.324. The molecule has 16 heavy (non-hydrogen) atoms. The third-order valence-corrected chi connectivity index (χ3v) is 2.61. The number of aromatic amines is 1. The Morgan fingerprint density at radius 2 is 2.25 bits per heavy atom. The van der Waals surface area contributed by atoms with Crippen molar-refractivity contribution in [2.45, 2.75) is 19.3 Å². The molecule has 3 N–H and O–H groups in total. The first-order valence-corrected chi connectivity index (χ1v) is 5.35. The fourth-order valence-corrected chi connectivity index (χ4v) is 1.63. The van der Waals surface area contributed by atoms with Gasteiger partial charge in [0.05, 0.1) is 12.6 Å². The molecule has 5 heteroatoms. The van der Waals surface area contributed by atoms with Gasteiger partial charge in [0, 0.05) is 12.0 Å². The van der Waals surface area contributed by atoms with Gasteiger partial charge in [-0.25, -0.2) is 4.98 Å². The van der Waals surface area contributed by atoms with E-state index >= 15 is 0 Å². The quantitative estimate of drug-likeness (QED) is 0.817. The van der Waals surface area contributed by atoms with Crippen LogP contribution in [0.2, 0.25) is 0 Å². The maximum absolute atomic E-state index is 5.53. The molecular formula is C11H16N4O. The van der Waals surface area contributed by atoms with E-state index in [1.807, 2.05) is 12.1 Å². The SMILES string of the molecule is COc1ccc2[nH]c(C(C)CCN)nc2n1. The second-order valence-corrected chi connectivity index (χ2v) is 3.83. The molecule has 1 atom stereocenters. The monoisotopic (exact) mass is 220 g/mol. The van der Waals surface area contributed by atoms with Gasteiger partial charge in [-0.15, -0.1) is 0 Å². The number of imidazole rings is 1. The molecule has 2 aromatic heterocycles. The van der Waals surface area contributed by atoms with E-state index in [0.29, 0.717) is 24.0 Å². The maximum Gasteiger partial charge on any atom is 0.215 e. The molecule has 86 valence electrons. The summed E-state index contributed by atoms with van der Waals surface area (Å²) in [4.78, 5) is 11.9. The molecule has 2 heterocycles. The first-order chi connectivity index (χ1) is 7.74. The highest BCUT2D eigenvalue weighted by Crippen LogP contribution is 2.20. The largest absolute Gasteiger partial charge is 0.481 e. The number of rotatable bonds is 4. The van der Waals surface area contributed by atoms with E-state index in [1.54, 1.807) is 7.11 Å². The molecule has 0 spiro atoms. The topological polar surface area (TPSA) is 76.8 Å². The first-order valence-electron chi connectivity index (χ1n) is 5.35. The van der Waals surface area contributed by atoms with Crippen LogP contribution in [0.5, 0.6) is 5.88 Å². The summed E-state index contributed by atoms with van der Waals surface area (Å²) in [5.74, 6) is 1.84. The summed E-state index contributed by atoms with van der Waals surface area (Å²) in [7, 11) is 1.60. The molecule has 0 saturated heterocycles. The molecule has 5 nitrogen and oxygen atoms in total. The van der Waals surface area contributed by atoms with Crippen molar-refractivity contribution in [3.63, 3.8) is 0 Å². The number of nitrogens with two attached hydrogens (primary N) is 1. The molecule has 0 saturated carbocycles. The number of hydrogen-bond acceptors (Lipinski definition) is 4. The van der Waals surface area contributed by atoms with Crippen molar-refractivity contribution in [2.24, 2.45) is 5.73 Å². The first kappa shape index (κ1) is 10.9. The van der Waals surface area contributed by atoms with E-state index < -0.39 is 0 Å². The van der Waals surface area contributed by atoms with Gasteiger partial charge in [0.2, 0.25) is 5.88 Å². The Balaban J connectivity index is 2.35. The van der Waals surface area contributed by atoms with Crippen LogP contribution in [0.25, 0.3) is 11.2 Å². The Morgan fingerprint density at radius 1 is 1.44 bits per heavy atom. The lowest BCUT2D eigenvalue weighted by molar-refractivity contribution is 0.399. The number of nitrogens with zero attached hydrogens (tertiary/aromatic N) is 2. The van der Waals surface area contributed by atoms with Crippen LogP contribution in [-0.2, 0) is 0 Å². The Bertz CT molecular complexity index is 480. The lowest BCUT2D eigenvalue weighted by Gasteiger charge is -2.04. The van der Waals surface area contributed by atoms with Crippen LogP contribution in [0.3, 0.4) is 0 Å². The van der Waals surface area contributed by atoms with Crippen molar-refractivity contribution in [2.75, 3.05) is 13.7 Å². The van der Waals surface area contributed by atoms with Crippen molar-refractivity contribution in [1.29, 1.82) is 0 Å². The van der Waals surface area contributed by atoms with Gasteiger partial charge in [-0.1, -0.05) is 6.92 Å². The number of hydrogen-bond donors (Lipinski definition) is 2. The second-order valence-electron chi connectivity index (χ2n) is 3.83. The minimum atomic E-state index is 0.324. The summed E-state index contributed by atoms with van der Waals surface area (Å²) in [6.45, 7) is 2.76. The summed E-state index contributed by atoms with van der Waals surface area (Å²) in [6, 6.07) is 3.74. The van der Waals surface area contributed by atoms with Crippen LogP contribution in [0, 0.1) is 0 Å². The van der Waals surface area contributed by atoms with Crippen molar-refractivity contribution in [3.05, 3.63) is 18.0 Å². The van der Waals surface area contributed by atoms with E-state index in [9.17, 15) is 0 Å². The summed E-state index contributed by atoms with van der Waals surface area (Å²) < 4.78 is 5.05. The smallest absolute Gasteiger partial charge is 0.215 e. The standard InChI is InChI=1S/C11H16N4O/c1-7(5-6-12)10-13-8-3-4-9(16-2)14-11(8)15-10/h3-4,7H,5-6,12H2,1-2H3,(H,13,14,15). The van der Waals surface area contributed by atoms with Crippen LogP contribution in [0.15, 0.2) is 12.1 Å². The molecule has 0 bridgehead atoms. The van der Waals surface area contributed by atoms with Gasteiger partial charge in [0.1, 0.15) is 5.82 Å². The number of fused-ring (bicyclic) bond motifs is 1. The normalized spacial score (nSPS) is 12.9. The van der Waals surface area contributed by atoms with Crippen molar-refractivity contribution < 1.29 is 4.74 Å². The van der Waals surface area contributed by atoms with Gasteiger partial charge in [0.25, 0.3) is 0 Å². The zero-order valence-corrected chi connectivity index (χ0v) is 9.53. The molecule has 0 fully saturated rings. The summed E-state index contributed by atoms with van der Waals surface area (Å²) >= 11 is 0. The van der Waals surface area contributed by atoms with E-state index in [1.165, 1.54) is 0 Å². The van der Waals surface area contributed by atoms with Crippen LogP contribution in [-0.4, -0.2) is 28.6 Å². The Kier molecular flexibility index (Phi) is 3.05. The average molecular weight is 220 g/mol. The number of methoxy groups -OCH3 is 1. The van der Waals surface area contributed by atoms with Crippen LogP contribution in [0.1, 0.15) is 25.1 Å². The number of ether oxygens (including phenoxy) is 1. The van der Waals surface area contributed by atoms with Crippen molar-refractivity contribution >= 4 is 11.2 Å². The highest BCUT2D eigenvalue weighted by molar-refractivity contribution is 5.71. The van der Waals surface area contributed by atoms with Crippen molar-refractivity contribution in [3.8, 4) is 5.88 Å². The molecule has 0 radical (unpaired) electrons. The Morgan fingerprint density at radius 3 is 2.94 bits per heavy atom.